The summed E-state index contributed by atoms with van der Waals surface area (Å²) in [6.45, 7) is 1.91. The Morgan fingerprint density at radius 1 is 1.47 bits per heavy atom. The van der Waals surface area contributed by atoms with Crippen LogP contribution in [0.25, 0.3) is 5.69 Å². The molecule has 0 saturated carbocycles. The van der Waals surface area contributed by atoms with E-state index in [1.165, 1.54) is 4.90 Å². The fourth-order valence-electron chi connectivity index (χ4n) is 1.52. The SMILES string of the molecule is CCC(O)c1cn(-c2cccc(SC)c2)nn1. The van der Waals surface area contributed by atoms with Crippen molar-refractivity contribution >= 4 is 11.8 Å². The lowest BCUT2D eigenvalue weighted by molar-refractivity contribution is 0.169. The van der Waals surface area contributed by atoms with E-state index >= 15 is 0 Å². The van der Waals surface area contributed by atoms with Gasteiger partial charge in [-0.05, 0) is 30.9 Å². The second kappa shape index (κ2) is 5.33. The van der Waals surface area contributed by atoms with Crippen LogP contribution >= 0.6 is 11.8 Å². The maximum atomic E-state index is 9.67. The van der Waals surface area contributed by atoms with E-state index in [0.717, 1.165) is 5.69 Å². The molecule has 1 aromatic heterocycles. The Balaban J connectivity index is 2.30. The highest BCUT2D eigenvalue weighted by Gasteiger charge is 2.10. The first-order chi connectivity index (χ1) is 8.24. The van der Waals surface area contributed by atoms with Crippen LogP contribution in [0.1, 0.15) is 25.1 Å². The van der Waals surface area contributed by atoms with Crippen molar-refractivity contribution in [1.29, 1.82) is 0 Å². The summed E-state index contributed by atoms with van der Waals surface area (Å²) in [5.74, 6) is 0. The minimum atomic E-state index is -0.535. The molecule has 1 atom stereocenters. The quantitative estimate of drug-likeness (QED) is 0.846. The van der Waals surface area contributed by atoms with Gasteiger partial charge in [-0.1, -0.05) is 18.2 Å². The van der Waals surface area contributed by atoms with Crippen LogP contribution in [-0.4, -0.2) is 26.4 Å². The largest absolute Gasteiger partial charge is 0.387 e. The molecule has 0 bridgehead atoms. The number of hydrogen-bond donors (Lipinski definition) is 1. The van der Waals surface area contributed by atoms with Gasteiger partial charge in [-0.15, -0.1) is 16.9 Å². The van der Waals surface area contributed by atoms with Gasteiger partial charge in [0, 0.05) is 4.90 Å². The topological polar surface area (TPSA) is 50.9 Å². The van der Waals surface area contributed by atoms with E-state index in [9.17, 15) is 5.11 Å². The van der Waals surface area contributed by atoms with Crippen LogP contribution in [0, 0.1) is 0 Å². The van der Waals surface area contributed by atoms with Crippen LogP contribution in [0.15, 0.2) is 35.4 Å². The summed E-state index contributed by atoms with van der Waals surface area (Å²) in [5.41, 5.74) is 1.57. The lowest BCUT2D eigenvalue weighted by Gasteiger charge is -2.02. The van der Waals surface area contributed by atoms with Crippen molar-refractivity contribution in [3.8, 4) is 5.69 Å². The molecule has 0 aliphatic heterocycles. The van der Waals surface area contributed by atoms with Crippen LogP contribution in [-0.2, 0) is 0 Å². The monoisotopic (exact) mass is 249 g/mol. The molecule has 0 spiro atoms. The molecule has 5 heteroatoms. The van der Waals surface area contributed by atoms with Gasteiger partial charge in [0.15, 0.2) is 0 Å². The van der Waals surface area contributed by atoms with E-state index in [0.29, 0.717) is 12.1 Å². The molecule has 0 amide bonds. The van der Waals surface area contributed by atoms with Gasteiger partial charge in [0.2, 0.25) is 0 Å². The third-order valence-electron chi connectivity index (χ3n) is 2.56. The number of thioether (sulfide) groups is 1. The minimum absolute atomic E-state index is 0.535. The average Bonchev–Trinajstić information content (AvgIpc) is 2.87. The number of benzene rings is 1. The predicted molar refractivity (Wildman–Crippen MR) is 68.4 cm³/mol. The van der Waals surface area contributed by atoms with E-state index in [1.807, 2.05) is 37.4 Å². The molecule has 0 radical (unpaired) electrons. The summed E-state index contributed by atoms with van der Waals surface area (Å²) >= 11 is 1.68. The Labute approximate surface area is 105 Å². The first-order valence-electron chi connectivity index (χ1n) is 5.49. The van der Waals surface area contributed by atoms with Gasteiger partial charge in [0.1, 0.15) is 5.69 Å². The lowest BCUT2D eigenvalue weighted by atomic mass is 10.2. The average molecular weight is 249 g/mol. The number of nitrogens with zero attached hydrogens (tertiary/aromatic N) is 3. The first-order valence-corrected chi connectivity index (χ1v) is 6.71. The Hall–Kier alpha value is -1.33. The second-order valence-corrected chi connectivity index (χ2v) is 4.59. The van der Waals surface area contributed by atoms with Crippen LogP contribution < -0.4 is 0 Å². The molecule has 1 aromatic carbocycles. The third-order valence-corrected chi connectivity index (χ3v) is 3.28. The molecule has 1 unspecified atom stereocenters. The summed E-state index contributed by atoms with van der Waals surface area (Å²) in [7, 11) is 0. The number of aliphatic hydroxyl groups is 1. The van der Waals surface area contributed by atoms with Gasteiger partial charge in [0.05, 0.1) is 18.0 Å². The van der Waals surface area contributed by atoms with Crippen LogP contribution in [0.3, 0.4) is 0 Å². The van der Waals surface area contributed by atoms with Gasteiger partial charge in [-0.2, -0.15) is 0 Å². The fourth-order valence-corrected chi connectivity index (χ4v) is 1.97. The Morgan fingerprint density at radius 2 is 2.29 bits per heavy atom. The molecule has 0 saturated heterocycles. The normalized spacial score (nSPS) is 12.6. The number of aliphatic hydroxyl groups excluding tert-OH is 1. The molecule has 4 nitrogen and oxygen atoms in total. The summed E-state index contributed by atoms with van der Waals surface area (Å²) in [6, 6.07) is 8.05. The van der Waals surface area contributed by atoms with E-state index in [2.05, 4.69) is 10.3 Å². The van der Waals surface area contributed by atoms with Crippen LogP contribution in [0.2, 0.25) is 0 Å². The molecule has 0 aliphatic rings. The van der Waals surface area contributed by atoms with Crippen molar-refractivity contribution < 1.29 is 5.11 Å². The predicted octanol–water partition coefficient (Wildman–Crippen LogP) is 2.43. The van der Waals surface area contributed by atoms with E-state index < -0.39 is 6.10 Å². The number of hydrogen-bond acceptors (Lipinski definition) is 4. The molecule has 1 N–H and O–H groups in total. The molecule has 2 aromatic rings. The van der Waals surface area contributed by atoms with E-state index in [1.54, 1.807) is 22.6 Å². The van der Waals surface area contributed by atoms with Crippen LogP contribution in [0.5, 0.6) is 0 Å². The molecule has 90 valence electrons. The summed E-state index contributed by atoms with van der Waals surface area (Å²) in [5, 5.41) is 17.7. The molecule has 0 fully saturated rings. The summed E-state index contributed by atoms with van der Waals surface area (Å²) in [4.78, 5) is 1.18. The maximum absolute atomic E-state index is 9.67. The Bertz CT molecular complexity index is 498. The highest BCUT2D eigenvalue weighted by Crippen LogP contribution is 2.19. The maximum Gasteiger partial charge on any atom is 0.112 e. The number of rotatable bonds is 4. The summed E-state index contributed by atoms with van der Waals surface area (Å²) < 4.78 is 1.69. The highest BCUT2D eigenvalue weighted by atomic mass is 32.2. The van der Waals surface area contributed by atoms with Crippen molar-refractivity contribution in [2.45, 2.75) is 24.3 Å². The van der Waals surface area contributed by atoms with E-state index in [-0.39, 0.29) is 0 Å². The number of aromatic nitrogens is 3. The molecule has 17 heavy (non-hydrogen) atoms. The van der Waals surface area contributed by atoms with Crippen molar-refractivity contribution in [3.05, 3.63) is 36.2 Å². The molecule has 2 rings (SSSR count). The first kappa shape index (κ1) is 12.1. The Kier molecular flexibility index (Phi) is 3.81. The van der Waals surface area contributed by atoms with Gasteiger partial charge < -0.3 is 5.11 Å². The van der Waals surface area contributed by atoms with Crippen molar-refractivity contribution in [3.63, 3.8) is 0 Å². The van der Waals surface area contributed by atoms with Crippen LogP contribution in [0.4, 0.5) is 0 Å². The van der Waals surface area contributed by atoms with E-state index in [4.69, 9.17) is 0 Å². The van der Waals surface area contributed by atoms with Gasteiger partial charge in [0.25, 0.3) is 0 Å². The van der Waals surface area contributed by atoms with Crippen molar-refractivity contribution in [1.82, 2.24) is 15.0 Å². The van der Waals surface area contributed by atoms with Gasteiger partial charge >= 0.3 is 0 Å². The minimum Gasteiger partial charge on any atom is -0.387 e. The smallest absolute Gasteiger partial charge is 0.112 e. The molecular formula is C12H15N3OS. The zero-order chi connectivity index (χ0) is 12.3. The van der Waals surface area contributed by atoms with Crippen molar-refractivity contribution in [2.75, 3.05) is 6.26 Å². The summed E-state index contributed by atoms with van der Waals surface area (Å²) in [6.07, 6.45) is 3.91. The molecular weight excluding hydrogens is 234 g/mol. The standard InChI is InChI=1S/C12H15N3OS/c1-3-12(16)11-8-15(14-13-11)9-5-4-6-10(7-9)17-2/h4-8,12,16H,3H2,1-2H3. The zero-order valence-electron chi connectivity index (χ0n) is 9.87. The lowest BCUT2D eigenvalue weighted by Crippen LogP contribution is -1.95. The van der Waals surface area contributed by atoms with Crippen molar-refractivity contribution in [2.24, 2.45) is 0 Å². The zero-order valence-corrected chi connectivity index (χ0v) is 10.7. The molecule has 0 aliphatic carbocycles. The third kappa shape index (κ3) is 2.68. The van der Waals surface area contributed by atoms with Gasteiger partial charge in [-0.3, -0.25) is 0 Å². The second-order valence-electron chi connectivity index (χ2n) is 3.71. The fraction of sp³-hybridized carbons (Fsp3) is 0.333. The van der Waals surface area contributed by atoms with Gasteiger partial charge in [-0.25, -0.2) is 4.68 Å². The Morgan fingerprint density at radius 3 is 3.00 bits per heavy atom. The molecule has 1 heterocycles. The highest BCUT2D eigenvalue weighted by molar-refractivity contribution is 7.98.